The third-order valence-corrected chi connectivity index (χ3v) is 15.2. The van der Waals surface area contributed by atoms with E-state index in [1.807, 2.05) is 54.2 Å². The Balaban J connectivity index is 0.823. The Hall–Kier alpha value is -7.86. The van der Waals surface area contributed by atoms with E-state index in [-0.39, 0.29) is 29.5 Å². The number of carbonyl (C=O) groups excluding carboxylic acids is 3. The number of methoxy groups -OCH3 is 1. The average Bonchev–Trinajstić information content (AvgIpc) is 4.06. The standard InChI is InChI=1S/C54H59N13O5/c1-6-39-41(20-23-56-50(39)66-30-29-65(54(66)71)38-9-8-22-55-32-38)40-17-16-37(67-52(72-5)59-61(4)53(67)70)31-44(40)35-12-14-36(15-13-35)64-24-21-45(34(2)33-64)62-25-27-63(28-26-62)46-11-7-10-42-48(58-60(3)49(42)46)43-18-19-47(68)57-51(43)69/h7-17,20,22-23,31-32,34,43,45H,6,18-19,21,24-30,33H2,1-5H3,(H,57,68,69)/t34-,43?,45+/m0/s1. The lowest BCUT2D eigenvalue weighted by Crippen LogP contribution is -2.56. The zero-order valence-corrected chi connectivity index (χ0v) is 41.4. The van der Waals surface area contributed by atoms with Crippen molar-refractivity contribution in [3.63, 3.8) is 0 Å². The van der Waals surface area contributed by atoms with E-state index < -0.39 is 5.92 Å². The van der Waals surface area contributed by atoms with E-state index in [1.165, 1.54) is 16.4 Å². The summed E-state index contributed by atoms with van der Waals surface area (Å²) in [7, 11) is 5.06. The minimum absolute atomic E-state index is 0.142. The number of hydrogen-bond acceptors (Lipinski definition) is 12. The van der Waals surface area contributed by atoms with Gasteiger partial charge in [-0.1, -0.05) is 44.2 Å². The first-order valence-electron chi connectivity index (χ1n) is 25.0. The van der Waals surface area contributed by atoms with Gasteiger partial charge in [-0.2, -0.15) is 5.10 Å². The van der Waals surface area contributed by atoms with Gasteiger partial charge < -0.3 is 14.5 Å². The molecule has 3 atom stereocenters. The lowest BCUT2D eigenvalue weighted by atomic mass is 9.90. The van der Waals surface area contributed by atoms with Crippen LogP contribution in [0.2, 0.25) is 0 Å². The topological polar surface area (TPSA) is 172 Å². The summed E-state index contributed by atoms with van der Waals surface area (Å²) in [5, 5.41) is 12.6. The Kier molecular flexibility index (Phi) is 12.3. The first-order valence-corrected chi connectivity index (χ1v) is 25.0. The number of para-hydroxylation sites is 1. The number of amides is 4. The van der Waals surface area contributed by atoms with Crippen molar-refractivity contribution in [3.8, 4) is 34.0 Å². The molecule has 0 radical (unpaired) electrons. The summed E-state index contributed by atoms with van der Waals surface area (Å²) in [6, 6.07) is 27.2. The molecule has 4 aliphatic rings. The van der Waals surface area contributed by atoms with Crippen molar-refractivity contribution < 1.29 is 19.1 Å². The van der Waals surface area contributed by atoms with Gasteiger partial charge in [0.1, 0.15) is 5.82 Å². The van der Waals surface area contributed by atoms with Crippen molar-refractivity contribution in [2.75, 3.05) is 79.1 Å². The maximum absolute atomic E-state index is 14.0. The van der Waals surface area contributed by atoms with Gasteiger partial charge in [0.25, 0.3) is 0 Å². The summed E-state index contributed by atoms with van der Waals surface area (Å²) in [6.45, 7) is 11.0. The van der Waals surface area contributed by atoms with E-state index in [0.29, 0.717) is 55.8 Å². The number of ether oxygens (including phenoxy) is 1. The predicted octanol–water partition coefficient (Wildman–Crippen LogP) is 6.16. The van der Waals surface area contributed by atoms with E-state index in [4.69, 9.17) is 14.8 Å². The fourth-order valence-corrected chi connectivity index (χ4v) is 11.6. The first-order chi connectivity index (χ1) is 35.0. The molecule has 4 saturated heterocycles. The van der Waals surface area contributed by atoms with Crippen LogP contribution in [0, 0.1) is 5.92 Å². The van der Waals surface area contributed by atoms with Crippen LogP contribution in [0.1, 0.15) is 50.3 Å². The van der Waals surface area contributed by atoms with E-state index in [1.54, 1.807) is 35.4 Å². The summed E-state index contributed by atoms with van der Waals surface area (Å²) >= 11 is 0. The van der Waals surface area contributed by atoms with Crippen LogP contribution in [-0.2, 0) is 30.1 Å². The van der Waals surface area contributed by atoms with Crippen LogP contribution in [0.5, 0.6) is 6.01 Å². The Morgan fingerprint density at radius 2 is 1.53 bits per heavy atom. The molecule has 0 spiro atoms. The van der Waals surface area contributed by atoms with Crippen molar-refractivity contribution in [2.45, 2.75) is 51.5 Å². The van der Waals surface area contributed by atoms with Gasteiger partial charge in [0.15, 0.2) is 0 Å². The number of aromatic nitrogens is 7. The highest BCUT2D eigenvalue weighted by molar-refractivity contribution is 6.07. The molecule has 4 aliphatic heterocycles. The predicted molar refractivity (Wildman–Crippen MR) is 277 cm³/mol. The first kappa shape index (κ1) is 46.5. The fraction of sp³-hybridized carbons (Fsp3) is 0.370. The molecule has 4 fully saturated rings. The van der Waals surface area contributed by atoms with Crippen molar-refractivity contribution in [1.82, 2.24) is 44.3 Å². The Morgan fingerprint density at radius 3 is 2.26 bits per heavy atom. The van der Waals surface area contributed by atoms with Crippen LogP contribution in [0.25, 0.3) is 38.8 Å². The molecule has 18 nitrogen and oxygen atoms in total. The normalized spacial score (nSPS) is 20.0. The Morgan fingerprint density at radius 1 is 0.736 bits per heavy atom. The molecular weight excluding hydrogens is 911 g/mol. The van der Waals surface area contributed by atoms with Crippen molar-refractivity contribution >= 4 is 51.6 Å². The number of imide groups is 1. The summed E-state index contributed by atoms with van der Waals surface area (Å²) in [5.41, 5.74) is 9.82. The van der Waals surface area contributed by atoms with Crippen LogP contribution < -0.4 is 35.3 Å². The van der Waals surface area contributed by atoms with E-state index in [2.05, 4.69) is 80.3 Å². The summed E-state index contributed by atoms with van der Waals surface area (Å²) in [4.78, 5) is 72.3. The molecule has 0 aliphatic carbocycles. The number of nitrogens with zero attached hydrogens (tertiary/aromatic N) is 12. The molecule has 11 rings (SSSR count). The van der Waals surface area contributed by atoms with Gasteiger partial charge >= 0.3 is 17.7 Å². The minimum Gasteiger partial charge on any atom is -0.467 e. The van der Waals surface area contributed by atoms with Gasteiger partial charge in [-0.05, 0) is 96.0 Å². The number of rotatable bonds is 11. The molecule has 18 heteroatoms. The molecule has 3 aromatic carbocycles. The van der Waals surface area contributed by atoms with Crippen LogP contribution in [0.4, 0.5) is 27.7 Å². The number of benzene rings is 3. The number of piperidine rings is 2. The second-order valence-corrected chi connectivity index (χ2v) is 19.3. The zero-order valence-electron chi connectivity index (χ0n) is 41.4. The smallest absolute Gasteiger partial charge is 0.353 e. The second-order valence-electron chi connectivity index (χ2n) is 19.3. The molecular formula is C54H59N13O5. The van der Waals surface area contributed by atoms with Crippen LogP contribution in [0.15, 0.2) is 102 Å². The second kappa shape index (κ2) is 19.0. The monoisotopic (exact) mass is 969 g/mol. The van der Waals surface area contributed by atoms with E-state index in [0.717, 1.165) is 107 Å². The molecule has 4 amide bonds. The van der Waals surface area contributed by atoms with E-state index >= 15 is 0 Å². The molecule has 370 valence electrons. The molecule has 8 heterocycles. The van der Waals surface area contributed by atoms with Gasteiger partial charge in [0.05, 0.1) is 47.5 Å². The van der Waals surface area contributed by atoms with Crippen molar-refractivity contribution in [3.05, 3.63) is 119 Å². The Bertz CT molecular complexity index is 3270. The van der Waals surface area contributed by atoms with Crippen molar-refractivity contribution in [2.24, 2.45) is 20.0 Å². The molecule has 4 aromatic heterocycles. The largest absolute Gasteiger partial charge is 0.467 e. The van der Waals surface area contributed by atoms with Gasteiger partial charge in [-0.25, -0.2) is 23.8 Å². The highest BCUT2D eigenvalue weighted by Crippen LogP contribution is 2.41. The van der Waals surface area contributed by atoms with E-state index in [9.17, 15) is 19.2 Å². The SMILES string of the molecule is CCc1c(-c2ccc(-n3c(OC)nn(C)c3=O)cc2-c2ccc(N3CC[C@@H](N4CCN(c5cccc6c(C7CCC(=O)NC7=O)nn(C)c56)CC4)[C@@H](C)C3)cc2)ccnc1N1CCN(c2cccnc2)C1=O. The van der Waals surface area contributed by atoms with Gasteiger partial charge in [0.2, 0.25) is 11.8 Å². The fourth-order valence-electron chi connectivity index (χ4n) is 11.6. The molecule has 0 saturated carbocycles. The quantitative estimate of drug-likeness (QED) is 0.147. The number of anilines is 4. The molecule has 72 heavy (non-hydrogen) atoms. The van der Waals surface area contributed by atoms with Crippen LogP contribution in [-0.4, -0.2) is 122 Å². The van der Waals surface area contributed by atoms with Gasteiger partial charge in [0, 0.05) is 108 Å². The van der Waals surface area contributed by atoms with Gasteiger partial charge in [-0.3, -0.25) is 39.3 Å². The third kappa shape index (κ3) is 8.22. The number of pyridine rings is 2. The maximum atomic E-state index is 14.0. The zero-order chi connectivity index (χ0) is 49.8. The average molecular weight is 970 g/mol. The van der Waals surface area contributed by atoms with Gasteiger partial charge in [-0.15, -0.1) is 5.10 Å². The number of hydrogen-bond donors (Lipinski definition) is 1. The number of fused-ring (bicyclic) bond motifs is 1. The number of piperazine rings is 1. The summed E-state index contributed by atoms with van der Waals surface area (Å²) < 4.78 is 10.2. The molecule has 1 unspecified atom stereocenters. The maximum Gasteiger partial charge on any atom is 0.353 e. The number of urea groups is 1. The highest BCUT2D eigenvalue weighted by Gasteiger charge is 2.36. The number of carbonyl (C=O) groups is 3. The number of nitrogens with one attached hydrogen (secondary N) is 1. The van der Waals surface area contributed by atoms with Crippen molar-refractivity contribution in [1.29, 1.82) is 0 Å². The molecule has 1 N–H and O–H groups in total. The molecule has 7 aromatic rings. The Labute approximate surface area is 417 Å². The lowest BCUT2D eigenvalue weighted by Gasteiger charge is -2.46. The lowest BCUT2D eigenvalue weighted by molar-refractivity contribution is -0.134. The van der Waals surface area contributed by atoms with Crippen LogP contribution in [0.3, 0.4) is 0 Å². The minimum atomic E-state index is -0.438. The third-order valence-electron chi connectivity index (χ3n) is 15.2. The number of aryl methyl sites for hydroxylation is 2. The van der Waals surface area contributed by atoms with Crippen LogP contribution >= 0.6 is 0 Å². The highest BCUT2D eigenvalue weighted by atomic mass is 16.5. The summed E-state index contributed by atoms with van der Waals surface area (Å²) in [6.07, 6.45) is 7.65. The molecule has 0 bridgehead atoms. The summed E-state index contributed by atoms with van der Waals surface area (Å²) in [5.74, 6) is 0.137.